The summed E-state index contributed by atoms with van der Waals surface area (Å²) >= 11 is 8.55. The molecule has 6 aromatic rings. The molecule has 8 heteroatoms. The number of benzene rings is 6. The minimum Gasteiger partial charge on any atom is -0.490 e. The summed E-state index contributed by atoms with van der Waals surface area (Å²) in [6.07, 6.45) is 0. The van der Waals surface area contributed by atoms with Crippen molar-refractivity contribution in [3.8, 4) is 22.6 Å². The molecule has 0 saturated carbocycles. The van der Waals surface area contributed by atoms with Crippen LogP contribution in [0, 0.1) is 0 Å². The van der Waals surface area contributed by atoms with Crippen molar-refractivity contribution in [2.24, 2.45) is 0 Å². The van der Waals surface area contributed by atoms with Gasteiger partial charge >= 0.3 is 11.9 Å². The molecule has 270 valence electrons. The summed E-state index contributed by atoms with van der Waals surface area (Å²) in [5.41, 5.74) is 6.66. The van der Waals surface area contributed by atoms with Crippen molar-refractivity contribution in [2.75, 3.05) is 26.4 Å². The van der Waals surface area contributed by atoms with Crippen LogP contribution >= 0.6 is 25.3 Å². The Morgan fingerprint density at radius 3 is 1.30 bits per heavy atom. The molecular formula is C45H42O6S2. The van der Waals surface area contributed by atoms with Gasteiger partial charge in [-0.05, 0) is 119 Å². The highest BCUT2D eigenvalue weighted by Gasteiger charge is 2.46. The van der Waals surface area contributed by atoms with Crippen molar-refractivity contribution >= 4 is 58.7 Å². The van der Waals surface area contributed by atoms with Crippen LogP contribution in [0.3, 0.4) is 0 Å². The van der Waals surface area contributed by atoms with Gasteiger partial charge in [-0.25, -0.2) is 0 Å². The molecular weight excluding hydrogens is 701 g/mol. The summed E-state index contributed by atoms with van der Waals surface area (Å²) in [7, 11) is 0. The SMILES string of the molecule is CC(C)(S)C(=O)OCCOc1ccc2cc(C3(c4ccc5cc(OCCOC(=O)C(C)(C)S)ccc5c4)c4ccccc4-c4ccccc43)ccc2c1. The van der Waals surface area contributed by atoms with Crippen LogP contribution in [-0.2, 0) is 24.5 Å². The van der Waals surface area contributed by atoms with E-state index in [1.807, 2.05) is 24.3 Å². The molecule has 0 bridgehead atoms. The van der Waals surface area contributed by atoms with Gasteiger partial charge < -0.3 is 18.9 Å². The summed E-state index contributed by atoms with van der Waals surface area (Å²) in [4.78, 5) is 24.1. The normalized spacial score (nSPS) is 13.3. The maximum Gasteiger partial charge on any atom is 0.321 e. The topological polar surface area (TPSA) is 71.1 Å². The highest BCUT2D eigenvalue weighted by molar-refractivity contribution is 7.82. The fourth-order valence-electron chi connectivity index (χ4n) is 7.06. The van der Waals surface area contributed by atoms with E-state index in [1.165, 1.54) is 22.3 Å². The summed E-state index contributed by atoms with van der Waals surface area (Å²) < 4.78 is 20.8. The highest BCUT2D eigenvalue weighted by atomic mass is 32.1. The largest absolute Gasteiger partial charge is 0.490 e. The van der Waals surface area contributed by atoms with Gasteiger partial charge in [0.1, 0.15) is 47.4 Å². The summed E-state index contributed by atoms with van der Waals surface area (Å²) in [6, 6.07) is 42.9. The lowest BCUT2D eigenvalue weighted by molar-refractivity contribution is -0.147. The van der Waals surface area contributed by atoms with Gasteiger partial charge in [-0.2, -0.15) is 25.3 Å². The fraction of sp³-hybridized carbons (Fsp3) is 0.244. The lowest BCUT2D eigenvalue weighted by Crippen LogP contribution is -2.28. The number of rotatable bonds is 12. The van der Waals surface area contributed by atoms with Crippen molar-refractivity contribution in [2.45, 2.75) is 42.6 Å². The number of fused-ring (bicyclic) bond motifs is 5. The van der Waals surface area contributed by atoms with Gasteiger partial charge in [-0.3, -0.25) is 9.59 Å². The Hall–Kier alpha value is -4.92. The first kappa shape index (κ1) is 36.4. The van der Waals surface area contributed by atoms with Gasteiger partial charge in [0.05, 0.1) is 5.41 Å². The van der Waals surface area contributed by atoms with Crippen LogP contribution in [0.2, 0.25) is 0 Å². The predicted octanol–water partition coefficient (Wildman–Crippen LogP) is 9.62. The maximum atomic E-state index is 12.1. The maximum absolute atomic E-state index is 12.1. The molecule has 0 amide bonds. The average molecular weight is 743 g/mol. The van der Waals surface area contributed by atoms with Gasteiger partial charge in [0.2, 0.25) is 0 Å². The van der Waals surface area contributed by atoms with Crippen molar-refractivity contribution < 1.29 is 28.5 Å². The monoisotopic (exact) mass is 742 g/mol. The number of hydrogen-bond donors (Lipinski definition) is 2. The minimum absolute atomic E-state index is 0.147. The van der Waals surface area contributed by atoms with Gasteiger partial charge in [0.25, 0.3) is 0 Å². The lowest BCUT2D eigenvalue weighted by Gasteiger charge is -2.34. The third-order valence-corrected chi connectivity index (χ3v) is 9.98. The van der Waals surface area contributed by atoms with Crippen LogP contribution in [0.15, 0.2) is 121 Å². The zero-order valence-electron chi connectivity index (χ0n) is 30.2. The van der Waals surface area contributed by atoms with E-state index in [-0.39, 0.29) is 38.4 Å². The van der Waals surface area contributed by atoms with Gasteiger partial charge in [0.15, 0.2) is 0 Å². The predicted molar refractivity (Wildman–Crippen MR) is 218 cm³/mol. The summed E-state index contributed by atoms with van der Waals surface area (Å²) in [5.74, 6) is 0.654. The van der Waals surface area contributed by atoms with E-state index in [0.717, 1.165) is 32.7 Å². The molecule has 6 aromatic carbocycles. The second-order valence-corrected chi connectivity index (χ2v) is 16.6. The third kappa shape index (κ3) is 7.22. The molecule has 0 fully saturated rings. The van der Waals surface area contributed by atoms with E-state index >= 15 is 0 Å². The first-order valence-corrected chi connectivity index (χ1v) is 18.6. The van der Waals surface area contributed by atoms with Crippen molar-refractivity contribution in [3.05, 3.63) is 144 Å². The molecule has 0 aliphatic heterocycles. The van der Waals surface area contributed by atoms with Crippen LogP contribution in [0.1, 0.15) is 49.9 Å². The molecule has 53 heavy (non-hydrogen) atoms. The molecule has 0 unspecified atom stereocenters. The standard InChI is InChI=1S/C45H42O6S2/c1-43(2,52)41(46)50-23-21-48-35-19-15-29-25-33(17-13-31(29)27-35)45(39-11-7-5-9-37(39)38-10-6-8-12-40(38)45)34-18-14-32-28-36(20-16-30(32)26-34)49-22-24-51-42(47)44(3,4)53/h5-20,25-28,52-53H,21-24H2,1-4H3. The Morgan fingerprint density at radius 2 is 0.887 bits per heavy atom. The molecule has 0 radical (unpaired) electrons. The minimum atomic E-state index is -0.853. The number of ether oxygens (including phenoxy) is 4. The first-order valence-electron chi connectivity index (χ1n) is 17.7. The molecule has 1 aliphatic carbocycles. The Morgan fingerprint density at radius 1 is 0.509 bits per heavy atom. The van der Waals surface area contributed by atoms with Crippen LogP contribution < -0.4 is 9.47 Å². The smallest absolute Gasteiger partial charge is 0.321 e. The van der Waals surface area contributed by atoms with E-state index in [1.54, 1.807) is 27.7 Å². The zero-order chi connectivity index (χ0) is 37.4. The molecule has 0 aromatic heterocycles. The molecule has 0 heterocycles. The van der Waals surface area contributed by atoms with Gasteiger partial charge in [-0.15, -0.1) is 0 Å². The quantitative estimate of drug-likeness (QED) is 0.0739. The molecule has 0 atom stereocenters. The molecule has 0 saturated heterocycles. The van der Waals surface area contributed by atoms with Crippen LogP contribution in [0.5, 0.6) is 11.5 Å². The van der Waals surface area contributed by atoms with Crippen molar-refractivity contribution in [1.29, 1.82) is 0 Å². The van der Waals surface area contributed by atoms with E-state index in [9.17, 15) is 9.59 Å². The Balaban J connectivity index is 1.22. The van der Waals surface area contributed by atoms with Crippen LogP contribution in [0.25, 0.3) is 32.7 Å². The van der Waals surface area contributed by atoms with Crippen molar-refractivity contribution in [3.63, 3.8) is 0 Å². The first-order chi connectivity index (χ1) is 25.4. The number of carbonyl (C=O) groups excluding carboxylic acids is 2. The van der Waals surface area contributed by atoms with Gasteiger partial charge in [0, 0.05) is 0 Å². The molecule has 0 N–H and O–H groups in total. The van der Waals surface area contributed by atoms with Crippen molar-refractivity contribution in [1.82, 2.24) is 0 Å². The molecule has 0 spiro atoms. The second-order valence-electron chi connectivity index (χ2n) is 14.4. The highest BCUT2D eigenvalue weighted by Crippen LogP contribution is 2.56. The Bertz CT molecular complexity index is 2170. The number of esters is 2. The fourth-order valence-corrected chi connectivity index (χ4v) is 7.19. The third-order valence-electron chi connectivity index (χ3n) is 9.61. The van der Waals surface area contributed by atoms with Crippen LogP contribution in [0.4, 0.5) is 0 Å². The number of carbonyl (C=O) groups is 2. The van der Waals surface area contributed by atoms with E-state index in [2.05, 4.69) is 122 Å². The molecule has 6 nitrogen and oxygen atoms in total. The average Bonchev–Trinajstić information content (AvgIpc) is 3.44. The van der Waals surface area contributed by atoms with E-state index in [4.69, 9.17) is 18.9 Å². The lowest BCUT2D eigenvalue weighted by atomic mass is 9.67. The summed E-state index contributed by atoms with van der Waals surface area (Å²) in [6.45, 7) is 7.59. The van der Waals surface area contributed by atoms with E-state index in [0.29, 0.717) is 11.5 Å². The Kier molecular flexibility index (Phi) is 9.96. The summed E-state index contributed by atoms with van der Waals surface area (Å²) in [5, 5.41) is 4.27. The second kappa shape index (κ2) is 14.5. The van der Waals surface area contributed by atoms with E-state index < -0.39 is 14.9 Å². The Labute approximate surface area is 321 Å². The number of thiol groups is 2. The van der Waals surface area contributed by atoms with Gasteiger partial charge in [-0.1, -0.05) is 84.9 Å². The zero-order valence-corrected chi connectivity index (χ0v) is 32.0. The number of hydrogen-bond acceptors (Lipinski definition) is 8. The van der Waals surface area contributed by atoms with Crippen LogP contribution in [-0.4, -0.2) is 47.9 Å². The molecule has 1 aliphatic rings. The molecule has 7 rings (SSSR count).